The molecule has 0 amide bonds. The topological polar surface area (TPSA) is 30.7 Å². The van der Waals surface area contributed by atoms with Crippen LogP contribution < -0.4 is 0 Å². The van der Waals surface area contributed by atoms with Crippen molar-refractivity contribution in [2.45, 2.75) is 32.2 Å². The Labute approximate surface area is 127 Å². The lowest BCUT2D eigenvalue weighted by molar-refractivity contribution is 0.663. The molecule has 3 heterocycles. The minimum Gasteiger partial charge on any atom is -0.311 e. The van der Waals surface area contributed by atoms with Crippen LogP contribution in [0.2, 0.25) is 0 Å². The molecule has 0 aliphatic carbocycles. The Hall–Kier alpha value is -1.39. The van der Waals surface area contributed by atoms with Crippen LogP contribution in [0.25, 0.3) is 11.2 Å². The highest BCUT2D eigenvalue weighted by Crippen LogP contribution is 2.24. The zero-order valence-electron chi connectivity index (χ0n) is 11.5. The number of rotatable bonds is 4. The third kappa shape index (κ3) is 2.58. The summed E-state index contributed by atoms with van der Waals surface area (Å²) < 4.78 is 2.15. The number of pyridine rings is 1. The minimum absolute atomic E-state index is 0.119. The average Bonchev–Trinajstić information content (AvgIpc) is 3.03. The summed E-state index contributed by atoms with van der Waals surface area (Å²) in [7, 11) is 0. The molecule has 3 nitrogen and oxygen atoms in total. The Morgan fingerprint density at radius 2 is 2.15 bits per heavy atom. The first kappa shape index (κ1) is 13.6. The number of hydrogen-bond donors (Lipinski definition) is 0. The average molecular weight is 306 g/mol. The van der Waals surface area contributed by atoms with E-state index in [0.717, 1.165) is 35.6 Å². The van der Waals surface area contributed by atoms with E-state index >= 15 is 0 Å². The SMILES string of the molecule is Cc1ccc2nc(C(C)Cl)n(CCc3ccsc3)c2n1. The number of halogens is 1. The lowest BCUT2D eigenvalue weighted by atomic mass is 10.2. The molecule has 3 rings (SSSR count). The van der Waals surface area contributed by atoms with Crippen molar-refractivity contribution in [3.63, 3.8) is 0 Å². The van der Waals surface area contributed by atoms with Gasteiger partial charge >= 0.3 is 0 Å². The molecule has 0 fully saturated rings. The van der Waals surface area contributed by atoms with Crippen molar-refractivity contribution < 1.29 is 0 Å². The highest BCUT2D eigenvalue weighted by molar-refractivity contribution is 7.07. The van der Waals surface area contributed by atoms with Crippen LogP contribution in [0.15, 0.2) is 29.0 Å². The quantitative estimate of drug-likeness (QED) is 0.671. The maximum Gasteiger partial charge on any atom is 0.160 e. The van der Waals surface area contributed by atoms with Gasteiger partial charge in [-0.25, -0.2) is 9.97 Å². The highest BCUT2D eigenvalue weighted by Gasteiger charge is 2.15. The van der Waals surface area contributed by atoms with Crippen LogP contribution in [0.4, 0.5) is 0 Å². The molecule has 0 saturated heterocycles. The second-order valence-electron chi connectivity index (χ2n) is 4.91. The van der Waals surface area contributed by atoms with Crippen molar-refractivity contribution >= 4 is 34.1 Å². The van der Waals surface area contributed by atoms with E-state index in [-0.39, 0.29) is 5.38 Å². The fraction of sp³-hybridized carbons (Fsp3) is 0.333. The summed E-state index contributed by atoms with van der Waals surface area (Å²) in [4.78, 5) is 9.25. The molecular formula is C15H16ClN3S. The number of thiophene rings is 1. The minimum atomic E-state index is -0.119. The molecular weight excluding hydrogens is 290 g/mol. The summed E-state index contributed by atoms with van der Waals surface area (Å²) in [6.07, 6.45) is 0.973. The lowest BCUT2D eigenvalue weighted by Crippen LogP contribution is -2.07. The summed E-state index contributed by atoms with van der Waals surface area (Å²) in [6.45, 7) is 4.81. The Balaban J connectivity index is 2.01. The normalized spacial score (nSPS) is 12.9. The van der Waals surface area contributed by atoms with Gasteiger partial charge in [0.1, 0.15) is 11.3 Å². The van der Waals surface area contributed by atoms with Crippen molar-refractivity contribution in [3.8, 4) is 0 Å². The van der Waals surface area contributed by atoms with Crippen molar-refractivity contribution in [1.29, 1.82) is 0 Å². The van der Waals surface area contributed by atoms with Crippen molar-refractivity contribution in [3.05, 3.63) is 46.0 Å². The molecule has 0 radical (unpaired) electrons. The van der Waals surface area contributed by atoms with E-state index in [1.54, 1.807) is 11.3 Å². The molecule has 104 valence electrons. The molecule has 0 N–H and O–H groups in total. The van der Waals surface area contributed by atoms with Gasteiger partial charge in [0.25, 0.3) is 0 Å². The van der Waals surface area contributed by atoms with Gasteiger partial charge in [0.05, 0.1) is 5.38 Å². The van der Waals surface area contributed by atoms with E-state index in [9.17, 15) is 0 Å². The fourth-order valence-electron chi connectivity index (χ4n) is 2.31. The molecule has 20 heavy (non-hydrogen) atoms. The van der Waals surface area contributed by atoms with Crippen LogP contribution in [0.1, 0.15) is 29.4 Å². The molecule has 1 atom stereocenters. The van der Waals surface area contributed by atoms with E-state index in [1.807, 2.05) is 26.0 Å². The predicted molar refractivity (Wildman–Crippen MR) is 84.6 cm³/mol. The predicted octanol–water partition coefficient (Wildman–Crippen LogP) is 4.34. The Kier molecular flexibility index (Phi) is 3.76. The second-order valence-corrected chi connectivity index (χ2v) is 6.35. The molecule has 1 unspecified atom stereocenters. The molecule has 0 bridgehead atoms. The molecule has 0 spiro atoms. The number of hydrogen-bond acceptors (Lipinski definition) is 3. The van der Waals surface area contributed by atoms with Gasteiger partial charge in [-0.05, 0) is 54.8 Å². The van der Waals surface area contributed by atoms with E-state index in [4.69, 9.17) is 11.6 Å². The Morgan fingerprint density at radius 3 is 2.85 bits per heavy atom. The van der Waals surface area contributed by atoms with Crippen LogP contribution in [0.5, 0.6) is 0 Å². The molecule has 0 aromatic carbocycles. The van der Waals surface area contributed by atoms with Gasteiger partial charge in [0.2, 0.25) is 0 Å². The number of imidazole rings is 1. The van der Waals surface area contributed by atoms with Crippen LogP contribution in [0, 0.1) is 6.92 Å². The third-order valence-electron chi connectivity index (χ3n) is 3.32. The number of alkyl halides is 1. The van der Waals surface area contributed by atoms with E-state index < -0.39 is 0 Å². The van der Waals surface area contributed by atoms with Gasteiger partial charge in [0, 0.05) is 12.2 Å². The van der Waals surface area contributed by atoms with Gasteiger partial charge in [-0.1, -0.05) is 0 Å². The standard InChI is InChI=1S/C15H16ClN3S/c1-10-3-4-13-15(17-10)19(14(18-13)11(2)16)7-5-12-6-8-20-9-12/h3-4,6,8-9,11H,5,7H2,1-2H3. The van der Waals surface area contributed by atoms with Crippen molar-refractivity contribution in [2.24, 2.45) is 0 Å². The van der Waals surface area contributed by atoms with Crippen LogP contribution in [-0.2, 0) is 13.0 Å². The summed E-state index contributed by atoms with van der Waals surface area (Å²) in [5.74, 6) is 0.898. The zero-order chi connectivity index (χ0) is 14.1. The first-order valence-electron chi connectivity index (χ1n) is 6.64. The van der Waals surface area contributed by atoms with Gasteiger partial charge in [-0.15, -0.1) is 11.6 Å². The Morgan fingerprint density at radius 1 is 1.30 bits per heavy atom. The van der Waals surface area contributed by atoms with E-state index in [1.165, 1.54) is 5.56 Å². The first-order chi connectivity index (χ1) is 9.65. The van der Waals surface area contributed by atoms with Crippen LogP contribution in [0.3, 0.4) is 0 Å². The smallest absolute Gasteiger partial charge is 0.160 e. The molecule has 0 saturated carbocycles. The molecule has 3 aromatic rings. The number of nitrogens with zero attached hydrogens (tertiary/aromatic N) is 3. The van der Waals surface area contributed by atoms with Crippen LogP contribution in [-0.4, -0.2) is 14.5 Å². The number of aromatic nitrogens is 3. The monoisotopic (exact) mass is 305 g/mol. The molecule has 0 aliphatic rings. The van der Waals surface area contributed by atoms with Crippen molar-refractivity contribution in [2.75, 3.05) is 0 Å². The summed E-state index contributed by atoms with van der Waals surface area (Å²) in [5.41, 5.74) is 4.20. The van der Waals surface area contributed by atoms with E-state index in [0.29, 0.717) is 0 Å². The Bertz CT molecular complexity index is 716. The first-order valence-corrected chi connectivity index (χ1v) is 8.02. The second kappa shape index (κ2) is 5.54. The zero-order valence-corrected chi connectivity index (χ0v) is 13.1. The van der Waals surface area contributed by atoms with Crippen molar-refractivity contribution in [1.82, 2.24) is 14.5 Å². The molecule has 0 aliphatic heterocycles. The maximum atomic E-state index is 6.27. The van der Waals surface area contributed by atoms with E-state index in [2.05, 4.69) is 31.4 Å². The molecule has 3 aromatic heterocycles. The van der Waals surface area contributed by atoms with Gasteiger partial charge < -0.3 is 4.57 Å². The van der Waals surface area contributed by atoms with Gasteiger partial charge in [-0.3, -0.25) is 0 Å². The van der Waals surface area contributed by atoms with Gasteiger partial charge in [-0.2, -0.15) is 11.3 Å². The highest BCUT2D eigenvalue weighted by atomic mass is 35.5. The summed E-state index contributed by atoms with van der Waals surface area (Å²) >= 11 is 8.00. The lowest BCUT2D eigenvalue weighted by Gasteiger charge is -2.09. The van der Waals surface area contributed by atoms with Crippen LogP contribution >= 0.6 is 22.9 Å². The molecule has 5 heteroatoms. The van der Waals surface area contributed by atoms with Gasteiger partial charge in [0.15, 0.2) is 5.65 Å². The number of aryl methyl sites for hydroxylation is 3. The third-order valence-corrected chi connectivity index (χ3v) is 4.25. The largest absolute Gasteiger partial charge is 0.311 e. The summed E-state index contributed by atoms with van der Waals surface area (Å²) in [5, 5.41) is 4.17. The maximum absolute atomic E-state index is 6.27. The number of fused-ring (bicyclic) bond motifs is 1. The fourth-order valence-corrected chi connectivity index (χ4v) is 3.18. The summed E-state index contributed by atoms with van der Waals surface area (Å²) in [6, 6.07) is 6.16.